The van der Waals surface area contributed by atoms with E-state index < -0.39 is 17.0 Å². The average molecular weight is 368 g/mol. The van der Waals surface area contributed by atoms with Crippen LogP contribution in [-0.2, 0) is 5.41 Å². The minimum atomic E-state index is -0.645. The van der Waals surface area contributed by atoms with Gasteiger partial charge in [-0.05, 0) is 47.9 Å². The van der Waals surface area contributed by atoms with Crippen LogP contribution in [0.2, 0.25) is 0 Å². The first kappa shape index (κ1) is 16.5. The highest BCUT2D eigenvalue weighted by Gasteiger charge is 2.67. The Hall–Kier alpha value is -2.70. The minimum Gasteiger partial charge on any atom is -0.425 e. The molecule has 138 valence electrons. The largest absolute Gasteiger partial charge is 0.425 e. The summed E-state index contributed by atoms with van der Waals surface area (Å²) in [6.45, 7) is 6.09. The SMILES string of the molecule is Cc1nnc(C23CCC(c4cc(-c5c(F)cccc5F)nnc42)C3(C)C)o1. The lowest BCUT2D eigenvalue weighted by Gasteiger charge is -2.34. The van der Waals surface area contributed by atoms with Crippen LogP contribution in [0.5, 0.6) is 0 Å². The van der Waals surface area contributed by atoms with Crippen molar-refractivity contribution in [2.24, 2.45) is 5.41 Å². The molecule has 0 amide bonds. The maximum absolute atomic E-state index is 14.2. The van der Waals surface area contributed by atoms with Crippen molar-refractivity contribution in [1.82, 2.24) is 20.4 Å². The van der Waals surface area contributed by atoms with E-state index in [4.69, 9.17) is 4.42 Å². The molecule has 2 atom stereocenters. The topological polar surface area (TPSA) is 64.7 Å². The molecule has 0 N–H and O–H groups in total. The van der Waals surface area contributed by atoms with Crippen LogP contribution in [0.1, 0.15) is 55.6 Å². The number of hydrogen-bond donors (Lipinski definition) is 0. The normalized spacial score (nSPS) is 25.0. The van der Waals surface area contributed by atoms with Crippen LogP contribution >= 0.6 is 0 Å². The highest BCUT2D eigenvalue weighted by atomic mass is 19.1. The van der Waals surface area contributed by atoms with E-state index in [2.05, 4.69) is 34.2 Å². The molecule has 27 heavy (non-hydrogen) atoms. The fraction of sp³-hybridized carbons (Fsp3) is 0.400. The smallest absolute Gasteiger partial charge is 0.229 e. The summed E-state index contributed by atoms with van der Waals surface area (Å²) in [5, 5.41) is 16.9. The van der Waals surface area contributed by atoms with Crippen molar-refractivity contribution in [2.45, 2.75) is 44.9 Å². The zero-order valence-electron chi connectivity index (χ0n) is 15.3. The van der Waals surface area contributed by atoms with E-state index in [1.54, 1.807) is 13.0 Å². The third-order valence-corrected chi connectivity index (χ3v) is 6.49. The second kappa shape index (κ2) is 5.18. The van der Waals surface area contributed by atoms with Crippen molar-refractivity contribution in [3.05, 3.63) is 58.9 Å². The molecular weight excluding hydrogens is 350 g/mol. The number of nitrogens with zero attached hydrogens (tertiary/aromatic N) is 4. The van der Waals surface area contributed by atoms with Gasteiger partial charge in [-0.2, -0.15) is 5.10 Å². The molecular formula is C20H18F2N4O. The van der Waals surface area contributed by atoms with Gasteiger partial charge in [0.2, 0.25) is 11.8 Å². The Labute approximate surface area is 154 Å². The summed E-state index contributed by atoms with van der Waals surface area (Å²) in [4.78, 5) is 0. The summed E-state index contributed by atoms with van der Waals surface area (Å²) in [6.07, 6.45) is 1.76. The molecule has 2 unspecified atom stereocenters. The number of rotatable bonds is 2. The van der Waals surface area contributed by atoms with E-state index in [-0.39, 0.29) is 22.6 Å². The standard InChI is InChI=1S/C20H18F2N4O/c1-10-23-26-18(27-10)20-8-7-12(19(20,2)3)11-9-15(24-25-17(11)20)16-13(21)5-4-6-14(16)22/h4-6,9,12H,7-8H2,1-3H3. The van der Waals surface area contributed by atoms with E-state index in [1.807, 2.05) is 0 Å². The Morgan fingerprint density at radius 3 is 2.48 bits per heavy atom. The Morgan fingerprint density at radius 1 is 1.07 bits per heavy atom. The number of aromatic nitrogens is 4. The summed E-state index contributed by atoms with van der Waals surface area (Å²) in [5.41, 5.74) is 1.09. The van der Waals surface area contributed by atoms with E-state index in [0.717, 1.165) is 24.1 Å². The molecule has 5 rings (SSSR count). The lowest BCUT2D eigenvalue weighted by Crippen LogP contribution is -2.37. The van der Waals surface area contributed by atoms with Gasteiger partial charge in [0.05, 0.1) is 22.4 Å². The fourth-order valence-electron chi connectivity index (χ4n) is 5.13. The van der Waals surface area contributed by atoms with Crippen molar-refractivity contribution in [3.63, 3.8) is 0 Å². The van der Waals surface area contributed by atoms with Crippen molar-refractivity contribution < 1.29 is 13.2 Å². The van der Waals surface area contributed by atoms with Crippen LogP contribution in [0.3, 0.4) is 0 Å². The van der Waals surface area contributed by atoms with Gasteiger partial charge in [-0.3, -0.25) is 0 Å². The lowest BCUT2D eigenvalue weighted by molar-refractivity contribution is 0.204. The second-order valence-corrected chi connectivity index (χ2v) is 7.97. The van der Waals surface area contributed by atoms with Crippen molar-refractivity contribution in [2.75, 3.05) is 0 Å². The molecule has 2 aromatic heterocycles. The Balaban J connectivity index is 1.73. The Kier molecular flexibility index (Phi) is 3.16. The molecule has 2 heterocycles. The molecule has 0 spiro atoms. The highest BCUT2D eigenvalue weighted by Crippen LogP contribution is 2.69. The maximum Gasteiger partial charge on any atom is 0.229 e. The van der Waals surface area contributed by atoms with Crippen molar-refractivity contribution in [1.29, 1.82) is 0 Å². The van der Waals surface area contributed by atoms with Crippen LogP contribution < -0.4 is 0 Å². The van der Waals surface area contributed by atoms with Gasteiger partial charge < -0.3 is 4.42 Å². The third kappa shape index (κ3) is 1.91. The molecule has 2 bridgehead atoms. The molecule has 7 heteroatoms. The number of halogens is 2. The summed E-state index contributed by atoms with van der Waals surface area (Å²) in [5.74, 6) is -0.0537. The Morgan fingerprint density at radius 2 is 1.81 bits per heavy atom. The number of hydrogen-bond acceptors (Lipinski definition) is 5. The van der Waals surface area contributed by atoms with Crippen LogP contribution in [0.4, 0.5) is 8.78 Å². The Bertz CT molecular complexity index is 1060. The molecule has 2 aliphatic rings. The van der Waals surface area contributed by atoms with E-state index >= 15 is 0 Å². The monoisotopic (exact) mass is 368 g/mol. The van der Waals surface area contributed by atoms with E-state index in [1.165, 1.54) is 18.2 Å². The van der Waals surface area contributed by atoms with Gasteiger partial charge in [0.25, 0.3) is 0 Å². The van der Waals surface area contributed by atoms with Gasteiger partial charge in [0, 0.05) is 6.92 Å². The molecule has 5 nitrogen and oxygen atoms in total. The average Bonchev–Trinajstić information content (AvgIpc) is 3.22. The molecule has 0 aliphatic heterocycles. The second-order valence-electron chi connectivity index (χ2n) is 7.97. The summed E-state index contributed by atoms with van der Waals surface area (Å²) in [6, 6.07) is 5.57. The van der Waals surface area contributed by atoms with E-state index in [9.17, 15) is 8.78 Å². The van der Waals surface area contributed by atoms with Crippen LogP contribution in [0, 0.1) is 24.0 Å². The van der Waals surface area contributed by atoms with Crippen molar-refractivity contribution in [3.8, 4) is 11.3 Å². The van der Waals surface area contributed by atoms with Gasteiger partial charge in [-0.25, -0.2) is 8.78 Å². The zero-order valence-corrected chi connectivity index (χ0v) is 15.3. The first-order valence-electron chi connectivity index (χ1n) is 8.99. The number of benzene rings is 1. The predicted octanol–water partition coefficient (Wildman–Crippen LogP) is 4.32. The molecule has 3 aromatic rings. The zero-order chi connectivity index (χ0) is 19.0. The van der Waals surface area contributed by atoms with Crippen LogP contribution in [0.15, 0.2) is 28.7 Å². The van der Waals surface area contributed by atoms with Crippen LogP contribution in [-0.4, -0.2) is 20.4 Å². The molecule has 1 fully saturated rings. The quantitative estimate of drug-likeness (QED) is 0.674. The van der Waals surface area contributed by atoms with Gasteiger partial charge in [0.1, 0.15) is 11.6 Å². The van der Waals surface area contributed by atoms with Gasteiger partial charge in [-0.1, -0.05) is 19.9 Å². The third-order valence-electron chi connectivity index (χ3n) is 6.49. The van der Waals surface area contributed by atoms with Gasteiger partial charge in [0.15, 0.2) is 0 Å². The first-order valence-corrected chi connectivity index (χ1v) is 8.99. The molecule has 2 aliphatic carbocycles. The summed E-state index contributed by atoms with van der Waals surface area (Å²) in [7, 11) is 0. The summed E-state index contributed by atoms with van der Waals surface area (Å²) < 4.78 is 34.3. The van der Waals surface area contributed by atoms with Crippen LogP contribution in [0.25, 0.3) is 11.3 Å². The number of fused-ring (bicyclic) bond motifs is 5. The number of aryl methyl sites for hydroxylation is 1. The fourth-order valence-corrected chi connectivity index (χ4v) is 5.13. The summed E-state index contributed by atoms with van der Waals surface area (Å²) >= 11 is 0. The minimum absolute atomic E-state index is 0.143. The molecule has 0 saturated heterocycles. The van der Waals surface area contributed by atoms with Gasteiger partial charge in [-0.15, -0.1) is 15.3 Å². The maximum atomic E-state index is 14.2. The molecule has 1 saturated carbocycles. The van der Waals surface area contributed by atoms with Crippen molar-refractivity contribution >= 4 is 0 Å². The molecule has 0 radical (unpaired) electrons. The highest BCUT2D eigenvalue weighted by molar-refractivity contribution is 5.63. The van der Waals surface area contributed by atoms with Gasteiger partial charge >= 0.3 is 0 Å². The first-order chi connectivity index (χ1) is 12.9. The van der Waals surface area contributed by atoms with E-state index in [0.29, 0.717) is 11.8 Å². The molecule has 1 aromatic carbocycles. The lowest BCUT2D eigenvalue weighted by atomic mass is 9.68. The predicted molar refractivity (Wildman–Crippen MR) is 93.0 cm³/mol.